The Morgan fingerprint density at radius 1 is 1.10 bits per heavy atom. The van der Waals surface area contributed by atoms with E-state index in [4.69, 9.17) is 0 Å². The molecular formula is C22H28N6OS. The van der Waals surface area contributed by atoms with E-state index in [2.05, 4.69) is 30.4 Å². The third-order valence-electron chi connectivity index (χ3n) is 7.81. The van der Waals surface area contributed by atoms with Crippen LogP contribution in [0.4, 0.5) is 10.9 Å². The van der Waals surface area contributed by atoms with E-state index >= 15 is 0 Å². The smallest absolute Gasteiger partial charge is 0.231 e. The lowest BCUT2D eigenvalue weighted by atomic mass is 9.50. The topological polar surface area (TPSA) is 83.9 Å². The molecule has 4 aliphatic carbocycles. The molecule has 2 aromatic heterocycles. The molecule has 1 atom stereocenters. The van der Waals surface area contributed by atoms with Crippen LogP contribution in [0.2, 0.25) is 0 Å². The highest BCUT2D eigenvalue weighted by Gasteiger charge is 2.53. The highest BCUT2D eigenvalue weighted by molar-refractivity contribution is 7.15. The van der Waals surface area contributed by atoms with Crippen LogP contribution in [0.25, 0.3) is 0 Å². The number of nitrogens with zero attached hydrogens (tertiary/aromatic N) is 5. The average molecular weight is 425 g/mol. The van der Waals surface area contributed by atoms with E-state index < -0.39 is 0 Å². The van der Waals surface area contributed by atoms with E-state index in [1.807, 2.05) is 0 Å². The highest BCUT2D eigenvalue weighted by atomic mass is 32.1. The molecule has 3 heterocycles. The molecule has 5 aliphatic rings. The molecular weight excluding hydrogens is 396 g/mol. The van der Waals surface area contributed by atoms with Crippen molar-refractivity contribution in [3.05, 3.63) is 23.6 Å². The Balaban J connectivity index is 1.14. The van der Waals surface area contributed by atoms with E-state index in [1.54, 1.807) is 29.9 Å². The molecule has 1 saturated heterocycles. The van der Waals surface area contributed by atoms with Crippen molar-refractivity contribution in [1.82, 2.24) is 20.2 Å². The van der Waals surface area contributed by atoms with Crippen molar-refractivity contribution in [3.63, 3.8) is 0 Å². The number of aromatic nitrogens is 4. The Morgan fingerprint density at radius 3 is 2.57 bits per heavy atom. The third-order valence-corrected chi connectivity index (χ3v) is 8.90. The molecule has 0 spiro atoms. The SMILES string of the molecule is O=C(Nc1nnc(C23CC4CC(CC(C4)C2)C3)s1)C1CCCN(c2cnccn2)C1. The predicted molar refractivity (Wildman–Crippen MR) is 115 cm³/mol. The third kappa shape index (κ3) is 3.29. The van der Waals surface area contributed by atoms with Gasteiger partial charge in [-0.2, -0.15) is 0 Å². The molecule has 1 amide bonds. The first-order valence-electron chi connectivity index (χ1n) is 11.3. The summed E-state index contributed by atoms with van der Waals surface area (Å²) in [6, 6.07) is 0. The summed E-state index contributed by atoms with van der Waals surface area (Å²) >= 11 is 1.62. The van der Waals surface area contributed by atoms with Gasteiger partial charge in [0.25, 0.3) is 0 Å². The maximum Gasteiger partial charge on any atom is 0.231 e. The van der Waals surface area contributed by atoms with Crippen molar-refractivity contribution < 1.29 is 4.79 Å². The predicted octanol–water partition coefficient (Wildman–Crippen LogP) is 3.65. The number of hydrogen-bond donors (Lipinski definition) is 1. The highest BCUT2D eigenvalue weighted by Crippen LogP contribution is 2.61. The molecule has 2 aromatic rings. The molecule has 1 N–H and O–H groups in total. The normalized spacial score (nSPS) is 34.9. The molecule has 158 valence electrons. The minimum Gasteiger partial charge on any atom is -0.355 e. The van der Waals surface area contributed by atoms with Crippen LogP contribution in [-0.4, -0.2) is 39.2 Å². The van der Waals surface area contributed by atoms with Gasteiger partial charge in [0.2, 0.25) is 11.0 Å². The van der Waals surface area contributed by atoms with E-state index in [-0.39, 0.29) is 17.2 Å². The summed E-state index contributed by atoms with van der Waals surface area (Å²) < 4.78 is 0. The zero-order chi connectivity index (χ0) is 20.1. The monoisotopic (exact) mass is 424 g/mol. The molecule has 4 saturated carbocycles. The Labute approximate surface area is 180 Å². The quantitative estimate of drug-likeness (QED) is 0.807. The van der Waals surface area contributed by atoms with Crippen molar-refractivity contribution in [3.8, 4) is 0 Å². The van der Waals surface area contributed by atoms with Crippen LogP contribution in [0.3, 0.4) is 0 Å². The molecule has 7 rings (SSSR count). The average Bonchev–Trinajstić information content (AvgIpc) is 3.23. The Hall–Kier alpha value is -2.09. The lowest BCUT2D eigenvalue weighted by Gasteiger charge is -2.55. The van der Waals surface area contributed by atoms with Gasteiger partial charge in [0.15, 0.2) is 0 Å². The van der Waals surface area contributed by atoms with Gasteiger partial charge in [-0.15, -0.1) is 10.2 Å². The second-order valence-electron chi connectivity index (χ2n) is 9.95. The molecule has 8 heteroatoms. The van der Waals surface area contributed by atoms with Gasteiger partial charge in [-0.25, -0.2) is 4.98 Å². The molecule has 7 nitrogen and oxygen atoms in total. The molecule has 1 unspecified atom stereocenters. The summed E-state index contributed by atoms with van der Waals surface area (Å²) in [6.45, 7) is 1.59. The standard InChI is InChI=1S/C22H28N6OS/c29-19(17-2-1-5-28(13-17)18-12-23-3-4-24-18)25-21-27-26-20(30-21)22-9-14-6-15(10-22)8-16(7-14)11-22/h3-4,12,14-17H,1-2,5-11,13H2,(H,25,27,29). The number of anilines is 2. The van der Waals surface area contributed by atoms with Crippen LogP contribution in [0, 0.1) is 23.7 Å². The molecule has 30 heavy (non-hydrogen) atoms. The van der Waals surface area contributed by atoms with Gasteiger partial charge in [-0.1, -0.05) is 11.3 Å². The minimum atomic E-state index is -0.0624. The summed E-state index contributed by atoms with van der Waals surface area (Å²) in [5, 5.41) is 13.9. The fourth-order valence-corrected chi connectivity index (χ4v) is 7.89. The first kappa shape index (κ1) is 18.7. The lowest BCUT2D eigenvalue weighted by molar-refractivity contribution is -0.120. The van der Waals surface area contributed by atoms with Crippen LogP contribution in [-0.2, 0) is 10.2 Å². The summed E-state index contributed by atoms with van der Waals surface area (Å²) in [7, 11) is 0. The minimum absolute atomic E-state index is 0.0526. The van der Waals surface area contributed by atoms with Crippen molar-refractivity contribution in [1.29, 1.82) is 0 Å². The first-order chi connectivity index (χ1) is 14.7. The zero-order valence-corrected chi connectivity index (χ0v) is 18.0. The summed E-state index contributed by atoms with van der Waals surface area (Å²) in [5.41, 5.74) is 0.239. The van der Waals surface area contributed by atoms with Crippen LogP contribution in [0.5, 0.6) is 0 Å². The summed E-state index contributed by atoms with van der Waals surface area (Å²) in [5.74, 6) is 3.48. The van der Waals surface area contributed by atoms with Crippen molar-refractivity contribution in [2.75, 3.05) is 23.3 Å². The number of piperidine rings is 1. The lowest BCUT2D eigenvalue weighted by Crippen LogP contribution is -2.48. The maximum absolute atomic E-state index is 13.0. The Morgan fingerprint density at radius 2 is 1.87 bits per heavy atom. The number of rotatable bonds is 4. The molecule has 1 aliphatic heterocycles. The second kappa shape index (κ2) is 7.25. The van der Waals surface area contributed by atoms with E-state index in [1.165, 1.54) is 43.5 Å². The Kier molecular flexibility index (Phi) is 4.51. The van der Waals surface area contributed by atoms with Gasteiger partial charge in [-0.3, -0.25) is 9.78 Å². The number of carbonyl (C=O) groups excluding carboxylic acids is 1. The van der Waals surface area contributed by atoms with Gasteiger partial charge in [0.1, 0.15) is 10.8 Å². The fourth-order valence-electron chi connectivity index (χ4n) is 6.92. The first-order valence-corrected chi connectivity index (χ1v) is 12.1. The van der Waals surface area contributed by atoms with Gasteiger partial charge in [0, 0.05) is 30.9 Å². The summed E-state index contributed by atoms with van der Waals surface area (Å²) in [6.07, 6.45) is 15.1. The van der Waals surface area contributed by atoms with E-state index in [0.717, 1.165) is 43.0 Å². The maximum atomic E-state index is 13.0. The van der Waals surface area contributed by atoms with Gasteiger partial charge in [-0.05, 0) is 69.1 Å². The second-order valence-corrected chi connectivity index (χ2v) is 10.9. The van der Waals surface area contributed by atoms with Gasteiger partial charge < -0.3 is 10.2 Å². The van der Waals surface area contributed by atoms with Crippen LogP contribution in [0.15, 0.2) is 18.6 Å². The van der Waals surface area contributed by atoms with E-state index in [9.17, 15) is 4.79 Å². The van der Waals surface area contributed by atoms with Crippen LogP contribution in [0.1, 0.15) is 56.4 Å². The Bertz CT molecular complexity index is 895. The molecule has 0 radical (unpaired) electrons. The molecule has 0 aromatic carbocycles. The number of amides is 1. The number of carbonyl (C=O) groups is 1. The summed E-state index contributed by atoms with van der Waals surface area (Å²) in [4.78, 5) is 23.7. The van der Waals surface area contributed by atoms with Gasteiger partial charge >= 0.3 is 0 Å². The van der Waals surface area contributed by atoms with E-state index in [0.29, 0.717) is 11.7 Å². The molecule has 5 fully saturated rings. The number of hydrogen-bond acceptors (Lipinski definition) is 7. The fraction of sp³-hybridized carbons (Fsp3) is 0.682. The van der Waals surface area contributed by atoms with Crippen molar-refractivity contribution >= 4 is 28.2 Å². The van der Waals surface area contributed by atoms with Crippen molar-refractivity contribution in [2.45, 2.75) is 56.8 Å². The van der Waals surface area contributed by atoms with Crippen molar-refractivity contribution in [2.24, 2.45) is 23.7 Å². The largest absolute Gasteiger partial charge is 0.355 e. The molecule has 4 bridgehead atoms. The number of nitrogens with one attached hydrogen (secondary N) is 1. The van der Waals surface area contributed by atoms with Crippen LogP contribution >= 0.6 is 11.3 Å². The van der Waals surface area contributed by atoms with Gasteiger partial charge in [0.05, 0.1) is 12.1 Å². The zero-order valence-electron chi connectivity index (χ0n) is 17.2. The van der Waals surface area contributed by atoms with Crippen LogP contribution < -0.4 is 10.2 Å².